The molecular formula is C22H27NO4. The molecule has 1 heterocycles. The summed E-state index contributed by atoms with van der Waals surface area (Å²) in [5, 5.41) is 10.3. The Balaban J connectivity index is 1.41. The van der Waals surface area contributed by atoms with Crippen LogP contribution in [0.3, 0.4) is 0 Å². The first kappa shape index (κ1) is 19.4. The first-order valence-electron chi connectivity index (χ1n) is 9.46. The molecule has 2 aromatic rings. The third-order valence-electron chi connectivity index (χ3n) is 4.75. The van der Waals surface area contributed by atoms with Crippen LogP contribution in [0.15, 0.2) is 54.6 Å². The minimum absolute atomic E-state index is 0.0411. The first-order valence-corrected chi connectivity index (χ1v) is 9.46. The van der Waals surface area contributed by atoms with E-state index in [9.17, 15) is 9.90 Å². The van der Waals surface area contributed by atoms with Crippen LogP contribution in [-0.4, -0.2) is 54.2 Å². The quantitative estimate of drug-likeness (QED) is 0.724. The molecule has 3 rings (SSSR count). The van der Waals surface area contributed by atoms with Gasteiger partial charge in [0.15, 0.2) is 5.78 Å². The van der Waals surface area contributed by atoms with Crippen molar-refractivity contribution in [3.05, 3.63) is 60.2 Å². The molecule has 0 aliphatic carbocycles. The van der Waals surface area contributed by atoms with Crippen LogP contribution >= 0.6 is 0 Å². The lowest BCUT2D eigenvalue weighted by Gasteiger charge is -2.33. The summed E-state index contributed by atoms with van der Waals surface area (Å²) in [5.41, 5.74) is 0.545. The normalized spacial score (nSPS) is 16.7. The lowest BCUT2D eigenvalue weighted by atomic mass is 10.1. The number of β-amino-alcohol motifs (C(OH)–C–C–N with tert-alkyl or cyclic N) is 1. The number of rotatable bonds is 8. The van der Waals surface area contributed by atoms with Crippen LogP contribution in [0.4, 0.5) is 0 Å². The summed E-state index contributed by atoms with van der Waals surface area (Å²) in [6, 6.07) is 17.0. The molecule has 144 valence electrons. The molecule has 1 aliphatic heterocycles. The van der Waals surface area contributed by atoms with Crippen LogP contribution in [0.25, 0.3) is 0 Å². The van der Waals surface area contributed by atoms with Crippen LogP contribution in [0.5, 0.6) is 11.5 Å². The minimum Gasteiger partial charge on any atom is -0.490 e. The van der Waals surface area contributed by atoms with Gasteiger partial charge in [0.2, 0.25) is 0 Å². The van der Waals surface area contributed by atoms with Crippen molar-refractivity contribution in [3.8, 4) is 11.5 Å². The van der Waals surface area contributed by atoms with Crippen LogP contribution in [0.2, 0.25) is 0 Å². The molecule has 1 fully saturated rings. The smallest absolute Gasteiger partial charge is 0.163 e. The van der Waals surface area contributed by atoms with Crippen molar-refractivity contribution in [1.29, 1.82) is 0 Å². The fourth-order valence-electron chi connectivity index (χ4n) is 3.32. The van der Waals surface area contributed by atoms with Crippen molar-refractivity contribution < 1.29 is 19.4 Å². The Labute approximate surface area is 160 Å². The van der Waals surface area contributed by atoms with Crippen molar-refractivity contribution >= 4 is 5.78 Å². The molecule has 5 heteroatoms. The maximum absolute atomic E-state index is 11.6. The number of hydrogen-bond donors (Lipinski definition) is 1. The third kappa shape index (κ3) is 5.81. The van der Waals surface area contributed by atoms with Gasteiger partial charge in [-0.1, -0.05) is 30.3 Å². The number of Topliss-reactive ketones (excluding diaryl/α,β-unsaturated/α-hetero) is 1. The second kappa shape index (κ2) is 9.53. The van der Waals surface area contributed by atoms with Crippen molar-refractivity contribution in [2.45, 2.75) is 32.0 Å². The number of aliphatic hydroxyl groups is 1. The van der Waals surface area contributed by atoms with E-state index >= 15 is 0 Å². The predicted octanol–water partition coefficient (Wildman–Crippen LogP) is 3.17. The van der Waals surface area contributed by atoms with Crippen molar-refractivity contribution in [3.63, 3.8) is 0 Å². The van der Waals surface area contributed by atoms with Crippen LogP contribution in [-0.2, 0) is 0 Å². The number of benzene rings is 2. The van der Waals surface area contributed by atoms with Gasteiger partial charge in [-0.3, -0.25) is 4.79 Å². The highest BCUT2D eigenvalue weighted by Gasteiger charge is 2.22. The Hall–Kier alpha value is -2.37. The molecule has 1 saturated heterocycles. The number of hydrogen-bond acceptors (Lipinski definition) is 5. The van der Waals surface area contributed by atoms with E-state index in [1.54, 1.807) is 12.1 Å². The summed E-state index contributed by atoms with van der Waals surface area (Å²) in [6.07, 6.45) is 1.50. The van der Waals surface area contributed by atoms with E-state index in [0.717, 1.165) is 31.7 Å². The van der Waals surface area contributed by atoms with E-state index in [1.165, 1.54) is 6.92 Å². The van der Waals surface area contributed by atoms with Gasteiger partial charge in [-0.15, -0.1) is 0 Å². The zero-order chi connectivity index (χ0) is 19.1. The number of likely N-dealkylation sites (tertiary alicyclic amines) is 1. The molecule has 0 amide bonds. The van der Waals surface area contributed by atoms with E-state index in [2.05, 4.69) is 4.90 Å². The summed E-state index contributed by atoms with van der Waals surface area (Å²) in [7, 11) is 0. The Bertz CT molecular complexity index is 726. The Kier molecular flexibility index (Phi) is 6.85. The number of para-hydroxylation sites is 2. The number of carbonyl (C=O) groups excluding carboxylic acids is 1. The average Bonchev–Trinajstić information content (AvgIpc) is 2.69. The standard InChI is InChI=1S/C22H27NO4/c1-17(24)21-9-5-6-10-22(21)26-16-18(25)15-23-13-11-20(12-14-23)27-19-7-3-2-4-8-19/h2-10,18,20,25H,11-16H2,1H3. The largest absolute Gasteiger partial charge is 0.490 e. The van der Waals surface area contributed by atoms with Crippen molar-refractivity contribution in [1.82, 2.24) is 4.90 Å². The summed E-state index contributed by atoms with van der Waals surface area (Å²) in [4.78, 5) is 13.9. The number of ketones is 1. The van der Waals surface area contributed by atoms with E-state index in [1.807, 2.05) is 42.5 Å². The summed E-state index contributed by atoms with van der Waals surface area (Å²) < 4.78 is 11.7. The first-order chi connectivity index (χ1) is 13.1. The fourth-order valence-corrected chi connectivity index (χ4v) is 3.32. The van der Waals surface area contributed by atoms with Gasteiger partial charge in [-0.05, 0) is 44.0 Å². The molecule has 1 unspecified atom stereocenters. The zero-order valence-corrected chi connectivity index (χ0v) is 15.7. The molecule has 0 bridgehead atoms. The fraction of sp³-hybridized carbons (Fsp3) is 0.409. The van der Waals surface area contributed by atoms with E-state index in [0.29, 0.717) is 17.9 Å². The number of nitrogens with zero attached hydrogens (tertiary/aromatic N) is 1. The number of piperidine rings is 1. The van der Waals surface area contributed by atoms with Crippen LogP contribution in [0, 0.1) is 0 Å². The zero-order valence-electron chi connectivity index (χ0n) is 15.7. The molecule has 1 N–H and O–H groups in total. The average molecular weight is 369 g/mol. The van der Waals surface area contributed by atoms with Crippen molar-refractivity contribution in [2.24, 2.45) is 0 Å². The van der Waals surface area contributed by atoms with Crippen LogP contribution in [0.1, 0.15) is 30.1 Å². The molecule has 0 saturated carbocycles. The molecule has 2 aromatic carbocycles. The number of carbonyl (C=O) groups is 1. The monoisotopic (exact) mass is 369 g/mol. The van der Waals surface area contributed by atoms with E-state index < -0.39 is 6.10 Å². The van der Waals surface area contributed by atoms with Gasteiger partial charge in [0, 0.05) is 19.6 Å². The van der Waals surface area contributed by atoms with Gasteiger partial charge >= 0.3 is 0 Å². The highest BCUT2D eigenvalue weighted by Crippen LogP contribution is 2.20. The minimum atomic E-state index is -0.600. The van der Waals surface area contributed by atoms with E-state index in [-0.39, 0.29) is 18.5 Å². The lowest BCUT2D eigenvalue weighted by molar-refractivity contribution is 0.0399. The van der Waals surface area contributed by atoms with Crippen molar-refractivity contribution in [2.75, 3.05) is 26.2 Å². The highest BCUT2D eigenvalue weighted by atomic mass is 16.5. The molecule has 1 aliphatic rings. The SMILES string of the molecule is CC(=O)c1ccccc1OCC(O)CN1CCC(Oc2ccccc2)CC1. The Morgan fingerprint density at radius 1 is 1.11 bits per heavy atom. The van der Waals surface area contributed by atoms with Gasteiger partial charge < -0.3 is 19.5 Å². The van der Waals surface area contributed by atoms with Gasteiger partial charge in [0.05, 0.1) is 5.56 Å². The van der Waals surface area contributed by atoms with Gasteiger partial charge in [0.25, 0.3) is 0 Å². The highest BCUT2D eigenvalue weighted by molar-refractivity contribution is 5.96. The second-order valence-corrected chi connectivity index (χ2v) is 6.95. The predicted molar refractivity (Wildman–Crippen MR) is 104 cm³/mol. The van der Waals surface area contributed by atoms with Crippen LogP contribution < -0.4 is 9.47 Å². The maximum Gasteiger partial charge on any atom is 0.163 e. The van der Waals surface area contributed by atoms with Gasteiger partial charge in [-0.2, -0.15) is 0 Å². The lowest BCUT2D eigenvalue weighted by Crippen LogP contribution is -2.43. The molecule has 27 heavy (non-hydrogen) atoms. The van der Waals surface area contributed by atoms with E-state index in [4.69, 9.17) is 9.47 Å². The number of ether oxygens (including phenoxy) is 2. The van der Waals surface area contributed by atoms with Gasteiger partial charge in [0.1, 0.15) is 30.3 Å². The molecular weight excluding hydrogens is 342 g/mol. The summed E-state index contributed by atoms with van der Waals surface area (Å²) in [5.74, 6) is 1.40. The second-order valence-electron chi connectivity index (χ2n) is 6.95. The Morgan fingerprint density at radius 3 is 2.48 bits per heavy atom. The number of aliphatic hydroxyl groups excluding tert-OH is 1. The summed E-state index contributed by atoms with van der Waals surface area (Å²) >= 11 is 0. The molecule has 5 nitrogen and oxygen atoms in total. The molecule has 0 radical (unpaired) electrons. The topological polar surface area (TPSA) is 59.0 Å². The Morgan fingerprint density at radius 2 is 1.78 bits per heavy atom. The maximum atomic E-state index is 11.6. The molecule has 0 aromatic heterocycles. The third-order valence-corrected chi connectivity index (χ3v) is 4.75. The molecule has 0 spiro atoms. The molecule has 1 atom stereocenters. The van der Waals surface area contributed by atoms with Gasteiger partial charge in [-0.25, -0.2) is 0 Å². The summed E-state index contributed by atoms with van der Waals surface area (Å²) in [6.45, 7) is 4.02.